The smallest absolute Gasteiger partial charge is 0.241 e. The second kappa shape index (κ2) is 7.18. The number of carbonyl (C=O) groups is 2. The molecule has 1 fully saturated rings. The van der Waals surface area contributed by atoms with E-state index in [0.29, 0.717) is 5.70 Å². The molecule has 21 heavy (non-hydrogen) atoms. The Morgan fingerprint density at radius 3 is 2.67 bits per heavy atom. The van der Waals surface area contributed by atoms with Gasteiger partial charge in [0, 0.05) is 12.2 Å². The number of benzene rings is 1. The largest absolute Gasteiger partial charge is 0.329 e. The van der Waals surface area contributed by atoms with Crippen LogP contribution in [0.3, 0.4) is 0 Å². The van der Waals surface area contributed by atoms with Crippen molar-refractivity contribution in [3.8, 4) is 0 Å². The zero-order valence-electron chi connectivity index (χ0n) is 12.6. The minimum absolute atomic E-state index is 0.0153. The number of nitrogens with zero attached hydrogens (tertiary/aromatic N) is 1. The molecule has 1 aromatic rings. The van der Waals surface area contributed by atoms with Crippen molar-refractivity contribution in [1.82, 2.24) is 10.2 Å². The number of amides is 1. The molecule has 0 unspecified atom stereocenters. The summed E-state index contributed by atoms with van der Waals surface area (Å²) < 4.78 is 0. The van der Waals surface area contributed by atoms with Crippen LogP contribution in [-0.2, 0) is 16.1 Å². The summed E-state index contributed by atoms with van der Waals surface area (Å²) >= 11 is 0. The maximum absolute atomic E-state index is 12.3. The van der Waals surface area contributed by atoms with Gasteiger partial charge in [0.2, 0.25) is 5.91 Å². The number of rotatable bonds is 5. The zero-order valence-corrected chi connectivity index (χ0v) is 12.6. The van der Waals surface area contributed by atoms with E-state index in [-0.39, 0.29) is 17.7 Å². The lowest BCUT2D eigenvalue weighted by Gasteiger charge is -2.23. The van der Waals surface area contributed by atoms with Crippen molar-refractivity contribution in [2.75, 3.05) is 6.54 Å². The molecule has 0 spiro atoms. The predicted octanol–water partition coefficient (Wildman–Crippen LogP) is 2.26. The fourth-order valence-electron chi connectivity index (χ4n) is 2.75. The monoisotopic (exact) mass is 286 g/mol. The zero-order chi connectivity index (χ0) is 15.2. The molecule has 0 bridgehead atoms. The molecular formula is C17H22N2O2. The minimum atomic E-state index is -0.111. The molecule has 2 rings (SSSR count). The molecule has 1 saturated heterocycles. The van der Waals surface area contributed by atoms with Crippen LogP contribution in [0.4, 0.5) is 0 Å². The van der Waals surface area contributed by atoms with Crippen molar-refractivity contribution in [3.63, 3.8) is 0 Å². The summed E-state index contributed by atoms with van der Waals surface area (Å²) in [5, 5.41) is 2.83. The van der Waals surface area contributed by atoms with Gasteiger partial charge < -0.3 is 5.32 Å². The summed E-state index contributed by atoms with van der Waals surface area (Å²) in [4.78, 5) is 25.6. The highest BCUT2D eigenvalue weighted by Crippen LogP contribution is 2.20. The van der Waals surface area contributed by atoms with Gasteiger partial charge in [-0.15, -0.1) is 0 Å². The first-order chi connectivity index (χ1) is 10.1. The molecule has 1 N–H and O–H groups in total. The summed E-state index contributed by atoms with van der Waals surface area (Å²) in [6, 6.07) is 10.1. The summed E-state index contributed by atoms with van der Waals surface area (Å²) in [6.45, 7) is 4.94. The number of carbonyl (C=O) groups excluding carboxylic acids is 2. The first kappa shape index (κ1) is 15.4. The molecule has 0 aromatic heterocycles. The van der Waals surface area contributed by atoms with E-state index in [0.717, 1.165) is 25.9 Å². The fourth-order valence-corrected chi connectivity index (χ4v) is 2.75. The molecule has 4 nitrogen and oxygen atoms in total. The van der Waals surface area contributed by atoms with Gasteiger partial charge in [-0.1, -0.05) is 30.3 Å². The van der Waals surface area contributed by atoms with Crippen LogP contribution in [-0.4, -0.2) is 29.2 Å². The molecule has 1 atom stereocenters. The van der Waals surface area contributed by atoms with Crippen LogP contribution in [0.5, 0.6) is 0 Å². The van der Waals surface area contributed by atoms with Crippen LogP contribution >= 0.6 is 0 Å². The topological polar surface area (TPSA) is 49.4 Å². The van der Waals surface area contributed by atoms with E-state index in [1.807, 2.05) is 18.2 Å². The minimum Gasteiger partial charge on any atom is -0.329 e. The number of likely N-dealkylation sites (tertiary alicyclic amines) is 1. The number of ketones is 1. The molecule has 1 aromatic carbocycles. The fraction of sp³-hybridized carbons (Fsp3) is 0.412. The molecule has 112 valence electrons. The number of hydrogen-bond acceptors (Lipinski definition) is 3. The highest BCUT2D eigenvalue weighted by atomic mass is 16.2. The van der Waals surface area contributed by atoms with Crippen LogP contribution in [0.15, 0.2) is 42.1 Å². The van der Waals surface area contributed by atoms with Gasteiger partial charge in [-0.2, -0.15) is 0 Å². The molecule has 1 aliphatic heterocycles. The average Bonchev–Trinajstić information content (AvgIpc) is 2.87. The maximum Gasteiger partial charge on any atom is 0.241 e. The van der Waals surface area contributed by atoms with E-state index in [2.05, 4.69) is 22.3 Å². The van der Waals surface area contributed by atoms with E-state index >= 15 is 0 Å². The van der Waals surface area contributed by atoms with Crippen LogP contribution in [0.2, 0.25) is 0 Å². The quantitative estimate of drug-likeness (QED) is 0.845. The predicted molar refractivity (Wildman–Crippen MR) is 82.5 cm³/mol. The number of allylic oxidation sites excluding steroid dienone is 2. The van der Waals surface area contributed by atoms with Gasteiger partial charge in [-0.25, -0.2) is 0 Å². The van der Waals surface area contributed by atoms with E-state index in [9.17, 15) is 9.59 Å². The Hall–Kier alpha value is -1.94. The first-order valence-electron chi connectivity index (χ1n) is 7.34. The third kappa shape index (κ3) is 4.53. The number of nitrogens with one attached hydrogen (secondary N) is 1. The standard InChI is InChI=1S/C17H22N2O2/c1-13(11-14(2)20)18-17(21)16-9-6-10-19(16)12-15-7-4-3-5-8-15/h3-5,7-8,11,16H,6,9-10,12H2,1-2H3,(H,18,21)/b13-11-/t16-/m0/s1. The Bertz CT molecular complexity index is 537. The lowest BCUT2D eigenvalue weighted by molar-refractivity contribution is -0.124. The van der Waals surface area contributed by atoms with Crippen molar-refractivity contribution in [1.29, 1.82) is 0 Å². The van der Waals surface area contributed by atoms with Crippen LogP contribution in [0.1, 0.15) is 32.3 Å². The van der Waals surface area contributed by atoms with E-state index in [1.54, 1.807) is 6.92 Å². The normalized spacial score (nSPS) is 19.5. The Balaban J connectivity index is 1.98. The van der Waals surface area contributed by atoms with Crippen LogP contribution < -0.4 is 5.32 Å². The van der Waals surface area contributed by atoms with E-state index in [1.165, 1.54) is 18.6 Å². The van der Waals surface area contributed by atoms with Crippen LogP contribution in [0.25, 0.3) is 0 Å². The second-order valence-electron chi connectivity index (χ2n) is 5.54. The Morgan fingerprint density at radius 1 is 1.29 bits per heavy atom. The Kier molecular flexibility index (Phi) is 5.28. The van der Waals surface area contributed by atoms with Crippen molar-refractivity contribution >= 4 is 11.7 Å². The summed E-state index contributed by atoms with van der Waals surface area (Å²) in [7, 11) is 0. The van der Waals surface area contributed by atoms with Gasteiger partial charge in [0.05, 0.1) is 6.04 Å². The summed E-state index contributed by atoms with van der Waals surface area (Å²) in [6.07, 6.45) is 3.35. The van der Waals surface area contributed by atoms with E-state index in [4.69, 9.17) is 0 Å². The molecule has 4 heteroatoms. The summed E-state index contributed by atoms with van der Waals surface area (Å²) in [5.41, 5.74) is 1.83. The van der Waals surface area contributed by atoms with Crippen molar-refractivity contribution in [2.24, 2.45) is 0 Å². The first-order valence-corrected chi connectivity index (χ1v) is 7.34. The van der Waals surface area contributed by atoms with Crippen molar-refractivity contribution in [2.45, 2.75) is 39.3 Å². The maximum atomic E-state index is 12.3. The van der Waals surface area contributed by atoms with Gasteiger partial charge in [-0.05, 0) is 44.9 Å². The van der Waals surface area contributed by atoms with E-state index < -0.39 is 0 Å². The van der Waals surface area contributed by atoms with Gasteiger partial charge in [0.15, 0.2) is 5.78 Å². The Labute approximate surface area is 125 Å². The lowest BCUT2D eigenvalue weighted by atomic mass is 10.1. The molecule has 0 radical (unpaired) electrons. The average molecular weight is 286 g/mol. The van der Waals surface area contributed by atoms with Gasteiger partial charge >= 0.3 is 0 Å². The van der Waals surface area contributed by atoms with Gasteiger partial charge in [-0.3, -0.25) is 14.5 Å². The molecule has 0 aliphatic carbocycles. The second-order valence-corrected chi connectivity index (χ2v) is 5.54. The highest BCUT2D eigenvalue weighted by molar-refractivity contribution is 5.90. The summed E-state index contributed by atoms with van der Waals surface area (Å²) in [5.74, 6) is -0.0706. The van der Waals surface area contributed by atoms with Gasteiger partial charge in [0.25, 0.3) is 0 Å². The highest BCUT2D eigenvalue weighted by Gasteiger charge is 2.30. The molecule has 0 saturated carbocycles. The van der Waals surface area contributed by atoms with Gasteiger partial charge in [0.1, 0.15) is 0 Å². The van der Waals surface area contributed by atoms with Crippen LogP contribution in [0, 0.1) is 0 Å². The SMILES string of the molecule is CC(=O)/C=C(/C)NC(=O)[C@@H]1CCCN1Cc1ccccc1. The third-order valence-corrected chi connectivity index (χ3v) is 3.63. The lowest BCUT2D eigenvalue weighted by Crippen LogP contribution is -2.42. The number of hydrogen-bond donors (Lipinski definition) is 1. The van der Waals surface area contributed by atoms with Crippen molar-refractivity contribution in [3.05, 3.63) is 47.7 Å². The molecule has 1 heterocycles. The Morgan fingerprint density at radius 2 is 2.00 bits per heavy atom. The van der Waals surface area contributed by atoms with Crippen molar-refractivity contribution < 1.29 is 9.59 Å². The molecular weight excluding hydrogens is 264 g/mol. The molecule has 1 aliphatic rings. The third-order valence-electron chi connectivity index (χ3n) is 3.63. The molecule has 1 amide bonds.